The van der Waals surface area contributed by atoms with Crippen LogP contribution in [0.4, 0.5) is 5.69 Å². The van der Waals surface area contributed by atoms with E-state index < -0.39 is 0 Å². The van der Waals surface area contributed by atoms with Crippen LogP contribution >= 0.6 is 27.5 Å². The Morgan fingerprint density at radius 1 is 1.39 bits per heavy atom. The Hall–Kier alpha value is -0.210. The lowest BCUT2D eigenvalue weighted by atomic mass is 9.80. The fraction of sp³-hybridized carbons (Fsp3) is 0.600. The van der Waals surface area contributed by atoms with Crippen LogP contribution in [0.2, 0.25) is 0 Å². The van der Waals surface area contributed by atoms with Gasteiger partial charge in [-0.25, -0.2) is 0 Å². The SMILES string of the molecule is CC(C)(C)C1CCN(c2ccc(CCl)c(Br)c2)C1. The normalized spacial score (nSPS) is 20.5. The Labute approximate surface area is 124 Å². The third-order valence-corrected chi connectivity index (χ3v) is 4.98. The minimum atomic E-state index is 0.405. The first kappa shape index (κ1) is 14.2. The highest BCUT2D eigenvalue weighted by Crippen LogP contribution is 2.36. The van der Waals surface area contributed by atoms with Crippen LogP contribution in [-0.4, -0.2) is 13.1 Å². The van der Waals surface area contributed by atoms with E-state index in [1.54, 1.807) is 0 Å². The number of alkyl halides is 1. The van der Waals surface area contributed by atoms with Crippen LogP contribution in [0.3, 0.4) is 0 Å². The van der Waals surface area contributed by atoms with Gasteiger partial charge in [0, 0.05) is 29.1 Å². The molecule has 100 valence electrons. The molecule has 0 radical (unpaired) electrons. The van der Waals surface area contributed by atoms with E-state index >= 15 is 0 Å². The molecule has 1 aliphatic rings. The van der Waals surface area contributed by atoms with Crippen molar-refractivity contribution in [2.75, 3.05) is 18.0 Å². The van der Waals surface area contributed by atoms with Crippen molar-refractivity contribution in [2.45, 2.75) is 33.1 Å². The highest BCUT2D eigenvalue weighted by Gasteiger charge is 2.31. The highest BCUT2D eigenvalue weighted by molar-refractivity contribution is 9.10. The molecule has 0 bridgehead atoms. The van der Waals surface area contributed by atoms with Crippen molar-refractivity contribution in [1.82, 2.24) is 0 Å². The molecule has 1 atom stereocenters. The molecule has 1 saturated heterocycles. The van der Waals surface area contributed by atoms with E-state index in [4.69, 9.17) is 11.6 Å². The summed E-state index contributed by atoms with van der Waals surface area (Å²) in [7, 11) is 0. The van der Waals surface area contributed by atoms with Crippen molar-refractivity contribution < 1.29 is 0 Å². The van der Waals surface area contributed by atoms with Crippen LogP contribution in [0.25, 0.3) is 0 Å². The number of rotatable bonds is 2. The summed E-state index contributed by atoms with van der Waals surface area (Å²) >= 11 is 9.48. The van der Waals surface area contributed by atoms with E-state index in [0.29, 0.717) is 11.3 Å². The Morgan fingerprint density at radius 3 is 2.61 bits per heavy atom. The van der Waals surface area contributed by atoms with Gasteiger partial charge in [0.15, 0.2) is 0 Å². The maximum atomic E-state index is 5.88. The van der Waals surface area contributed by atoms with Crippen LogP contribution in [0.1, 0.15) is 32.8 Å². The minimum Gasteiger partial charge on any atom is -0.371 e. The smallest absolute Gasteiger partial charge is 0.0485 e. The Balaban J connectivity index is 2.12. The minimum absolute atomic E-state index is 0.405. The zero-order chi connectivity index (χ0) is 13.3. The number of hydrogen-bond donors (Lipinski definition) is 0. The van der Waals surface area contributed by atoms with Crippen molar-refractivity contribution in [3.05, 3.63) is 28.2 Å². The standard InChI is InChI=1S/C15H21BrClN/c1-15(2,3)12-6-7-18(10-12)13-5-4-11(9-17)14(16)8-13/h4-5,8,12H,6-7,9-10H2,1-3H3. The maximum Gasteiger partial charge on any atom is 0.0485 e. The zero-order valence-electron chi connectivity index (χ0n) is 11.3. The molecule has 0 spiro atoms. The van der Waals surface area contributed by atoms with E-state index in [2.05, 4.69) is 59.8 Å². The summed E-state index contributed by atoms with van der Waals surface area (Å²) in [5.41, 5.74) is 2.87. The van der Waals surface area contributed by atoms with Gasteiger partial charge in [0.25, 0.3) is 0 Å². The topological polar surface area (TPSA) is 3.24 Å². The second-order valence-electron chi connectivity index (χ2n) is 6.21. The molecule has 1 aromatic carbocycles. The van der Waals surface area contributed by atoms with Gasteiger partial charge < -0.3 is 4.90 Å². The lowest BCUT2D eigenvalue weighted by Crippen LogP contribution is -2.25. The summed E-state index contributed by atoms with van der Waals surface area (Å²) < 4.78 is 1.12. The number of nitrogens with zero attached hydrogens (tertiary/aromatic N) is 1. The fourth-order valence-electron chi connectivity index (χ4n) is 2.54. The third-order valence-electron chi connectivity index (χ3n) is 3.96. The molecule has 0 aromatic heterocycles. The average Bonchev–Trinajstić information content (AvgIpc) is 2.77. The molecule has 18 heavy (non-hydrogen) atoms. The predicted octanol–water partition coefficient (Wildman–Crippen LogP) is 5.06. The zero-order valence-corrected chi connectivity index (χ0v) is 13.7. The molecule has 0 aliphatic carbocycles. The van der Waals surface area contributed by atoms with Crippen molar-refractivity contribution in [2.24, 2.45) is 11.3 Å². The number of hydrogen-bond acceptors (Lipinski definition) is 1. The van der Waals surface area contributed by atoms with Gasteiger partial charge in [0.2, 0.25) is 0 Å². The van der Waals surface area contributed by atoms with Gasteiger partial charge in [-0.3, -0.25) is 0 Å². The van der Waals surface area contributed by atoms with Crippen LogP contribution < -0.4 is 4.90 Å². The summed E-state index contributed by atoms with van der Waals surface area (Å²) in [5.74, 6) is 1.34. The van der Waals surface area contributed by atoms with Crippen molar-refractivity contribution in [3.8, 4) is 0 Å². The first-order chi connectivity index (χ1) is 8.41. The molecule has 1 fully saturated rings. The van der Waals surface area contributed by atoms with E-state index in [-0.39, 0.29) is 0 Å². The highest BCUT2D eigenvalue weighted by atomic mass is 79.9. The number of halogens is 2. The molecule has 0 amide bonds. The van der Waals surface area contributed by atoms with Crippen LogP contribution in [0.15, 0.2) is 22.7 Å². The Bertz CT molecular complexity index is 425. The molecule has 1 aliphatic heterocycles. The summed E-state index contributed by atoms with van der Waals surface area (Å²) in [6.07, 6.45) is 1.29. The van der Waals surface area contributed by atoms with E-state index in [9.17, 15) is 0 Å². The molecule has 2 rings (SSSR count). The summed E-state index contributed by atoms with van der Waals surface area (Å²) in [6, 6.07) is 6.51. The van der Waals surface area contributed by atoms with Crippen LogP contribution in [0.5, 0.6) is 0 Å². The monoisotopic (exact) mass is 329 g/mol. The molecular formula is C15H21BrClN. The van der Waals surface area contributed by atoms with Crippen molar-refractivity contribution in [1.29, 1.82) is 0 Å². The van der Waals surface area contributed by atoms with E-state index in [1.165, 1.54) is 12.1 Å². The number of benzene rings is 1. The van der Waals surface area contributed by atoms with Gasteiger partial charge in [-0.05, 0) is 35.4 Å². The average molecular weight is 331 g/mol. The Morgan fingerprint density at radius 2 is 2.11 bits per heavy atom. The molecule has 1 unspecified atom stereocenters. The summed E-state index contributed by atoms with van der Waals surface area (Å²) in [5, 5.41) is 0. The van der Waals surface area contributed by atoms with Gasteiger partial charge in [-0.2, -0.15) is 0 Å². The molecule has 0 N–H and O–H groups in total. The molecule has 3 heteroatoms. The Kier molecular flexibility index (Phi) is 4.28. The quantitative estimate of drug-likeness (QED) is 0.685. The van der Waals surface area contributed by atoms with Crippen molar-refractivity contribution in [3.63, 3.8) is 0 Å². The summed E-state index contributed by atoms with van der Waals surface area (Å²) in [4.78, 5) is 2.48. The van der Waals surface area contributed by atoms with Crippen LogP contribution in [0, 0.1) is 11.3 Å². The van der Waals surface area contributed by atoms with Gasteiger partial charge >= 0.3 is 0 Å². The first-order valence-electron chi connectivity index (χ1n) is 6.51. The predicted molar refractivity (Wildman–Crippen MR) is 83.5 cm³/mol. The molecule has 1 heterocycles. The van der Waals surface area contributed by atoms with E-state index in [1.807, 2.05) is 0 Å². The molecular weight excluding hydrogens is 310 g/mol. The van der Waals surface area contributed by atoms with Crippen LogP contribution in [-0.2, 0) is 5.88 Å². The lowest BCUT2D eigenvalue weighted by Gasteiger charge is -2.27. The van der Waals surface area contributed by atoms with Gasteiger partial charge in [-0.1, -0.05) is 42.8 Å². The number of anilines is 1. The third kappa shape index (κ3) is 3.03. The molecule has 1 aromatic rings. The maximum absolute atomic E-state index is 5.88. The molecule has 1 nitrogen and oxygen atoms in total. The fourth-order valence-corrected chi connectivity index (χ4v) is 3.44. The summed E-state index contributed by atoms with van der Waals surface area (Å²) in [6.45, 7) is 9.35. The van der Waals surface area contributed by atoms with Crippen molar-refractivity contribution >= 4 is 33.2 Å². The second kappa shape index (κ2) is 5.42. The van der Waals surface area contributed by atoms with Gasteiger partial charge in [0.05, 0.1) is 0 Å². The van der Waals surface area contributed by atoms with Gasteiger partial charge in [0.1, 0.15) is 0 Å². The largest absolute Gasteiger partial charge is 0.371 e. The lowest BCUT2D eigenvalue weighted by molar-refractivity contribution is 0.263. The first-order valence-corrected chi connectivity index (χ1v) is 7.84. The molecule has 0 saturated carbocycles. The second-order valence-corrected chi connectivity index (χ2v) is 7.33. The van der Waals surface area contributed by atoms with E-state index in [0.717, 1.165) is 29.0 Å². The van der Waals surface area contributed by atoms with Gasteiger partial charge in [-0.15, -0.1) is 11.6 Å².